The van der Waals surface area contributed by atoms with E-state index >= 15 is 0 Å². The lowest BCUT2D eigenvalue weighted by Crippen LogP contribution is -2.06. The summed E-state index contributed by atoms with van der Waals surface area (Å²) in [6.07, 6.45) is 0. The number of ether oxygens (including phenoxy) is 1. The second-order valence-corrected chi connectivity index (χ2v) is 5.67. The zero-order valence-electron chi connectivity index (χ0n) is 10.3. The zero-order valence-corrected chi connectivity index (χ0v) is 11.8. The van der Waals surface area contributed by atoms with Crippen molar-refractivity contribution in [2.45, 2.75) is 12.3 Å². The van der Waals surface area contributed by atoms with Crippen LogP contribution < -0.4 is 4.74 Å². The second kappa shape index (κ2) is 4.95. The molecule has 2 aromatic carbocycles. The van der Waals surface area contributed by atoms with Gasteiger partial charge in [-0.3, -0.25) is 0 Å². The third-order valence-corrected chi connectivity index (χ3v) is 3.25. The maximum Gasteiger partial charge on any atom is 0.139 e. The Labute approximate surface area is 120 Å². The van der Waals surface area contributed by atoms with Gasteiger partial charge in [-0.2, -0.15) is 0 Å². The molecule has 0 radical (unpaired) electrons. The molecular weight excluding hydrogens is 283 g/mol. The molecule has 0 N–H and O–H groups in total. The first kappa shape index (κ1) is 12.6. The van der Waals surface area contributed by atoms with Crippen molar-refractivity contribution < 1.29 is 9.15 Å². The van der Waals surface area contributed by atoms with Gasteiger partial charge in [0.2, 0.25) is 0 Å². The van der Waals surface area contributed by atoms with Crippen molar-refractivity contribution in [3.8, 4) is 5.75 Å². The van der Waals surface area contributed by atoms with Crippen LogP contribution in [0.4, 0.5) is 0 Å². The number of fused-ring (bicyclic) bond motifs is 3. The molecule has 1 unspecified atom stereocenters. The molecule has 2 nitrogen and oxygen atoms in total. The molecule has 19 heavy (non-hydrogen) atoms. The summed E-state index contributed by atoms with van der Waals surface area (Å²) in [7, 11) is 0. The molecule has 0 bridgehead atoms. The smallest absolute Gasteiger partial charge is 0.139 e. The summed E-state index contributed by atoms with van der Waals surface area (Å²) in [5, 5.41) is 2.75. The highest BCUT2D eigenvalue weighted by Gasteiger charge is 2.08. The standard InChI is InChI=1S/C15H12Cl2O2/c1-9(16)8-18-11-3-5-13-12-4-2-10(17)6-14(12)19-15(13)7-11/h2-7,9H,8H2,1H3. The summed E-state index contributed by atoms with van der Waals surface area (Å²) < 4.78 is 11.4. The highest BCUT2D eigenvalue weighted by atomic mass is 35.5. The van der Waals surface area contributed by atoms with Crippen molar-refractivity contribution in [2.75, 3.05) is 6.61 Å². The molecule has 0 saturated heterocycles. The maximum atomic E-state index is 5.96. The molecule has 3 rings (SSSR count). The van der Waals surface area contributed by atoms with Crippen LogP contribution >= 0.6 is 23.2 Å². The van der Waals surface area contributed by atoms with E-state index < -0.39 is 0 Å². The number of rotatable bonds is 3. The average Bonchev–Trinajstić information content (AvgIpc) is 2.72. The summed E-state index contributed by atoms with van der Waals surface area (Å²) >= 11 is 11.8. The molecule has 0 spiro atoms. The molecule has 1 atom stereocenters. The zero-order chi connectivity index (χ0) is 13.4. The van der Waals surface area contributed by atoms with Crippen molar-refractivity contribution in [1.29, 1.82) is 0 Å². The fraction of sp³-hybridized carbons (Fsp3) is 0.200. The predicted molar refractivity (Wildman–Crippen MR) is 79.5 cm³/mol. The Bertz CT molecular complexity index is 731. The maximum absolute atomic E-state index is 5.96. The van der Waals surface area contributed by atoms with Gasteiger partial charge >= 0.3 is 0 Å². The Balaban J connectivity index is 2.05. The van der Waals surface area contributed by atoms with Crippen molar-refractivity contribution in [2.24, 2.45) is 0 Å². The van der Waals surface area contributed by atoms with Gasteiger partial charge in [-0.25, -0.2) is 0 Å². The minimum absolute atomic E-state index is 0.0230. The van der Waals surface area contributed by atoms with E-state index in [4.69, 9.17) is 32.4 Å². The van der Waals surface area contributed by atoms with Gasteiger partial charge in [0.05, 0.1) is 5.38 Å². The first-order valence-electron chi connectivity index (χ1n) is 6.02. The molecule has 0 fully saturated rings. The van der Waals surface area contributed by atoms with Crippen molar-refractivity contribution in [3.05, 3.63) is 41.4 Å². The number of hydrogen-bond acceptors (Lipinski definition) is 2. The van der Waals surface area contributed by atoms with Crippen LogP contribution in [0.2, 0.25) is 5.02 Å². The number of benzene rings is 2. The van der Waals surface area contributed by atoms with Crippen LogP contribution in [0.3, 0.4) is 0 Å². The van der Waals surface area contributed by atoms with Crippen LogP contribution in [0.1, 0.15) is 6.92 Å². The monoisotopic (exact) mass is 294 g/mol. The lowest BCUT2D eigenvalue weighted by molar-refractivity contribution is 0.320. The van der Waals surface area contributed by atoms with Crippen LogP contribution in [0.5, 0.6) is 5.75 Å². The van der Waals surface area contributed by atoms with Gasteiger partial charge in [-0.05, 0) is 31.2 Å². The van der Waals surface area contributed by atoms with E-state index in [9.17, 15) is 0 Å². The Morgan fingerprint density at radius 1 is 1.11 bits per heavy atom. The van der Waals surface area contributed by atoms with Crippen LogP contribution in [0, 0.1) is 0 Å². The third kappa shape index (κ3) is 2.51. The van der Waals surface area contributed by atoms with Crippen LogP contribution in [0.25, 0.3) is 21.9 Å². The molecule has 1 aromatic heterocycles. The van der Waals surface area contributed by atoms with Gasteiger partial charge in [0.1, 0.15) is 23.5 Å². The molecular formula is C15H12Cl2O2. The SMILES string of the molecule is CC(Cl)COc1ccc2c(c1)oc1cc(Cl)ccc12. The Morgan fingerprint density at radius 2 is 1.79 bits per heavy atom. The van der Waals surface area contributed by atoms with Gasteiger partial charge in [0.25, 0.3) is 0 Å². The Kier molecular flexibility index (Phi) is 3.29. The number of hydrogen-bond donors (Lipinski definition) is 0. The third-order valence-electron chi connectivity index (χ3n) is 2.89. The molecule has 0 aliphatic rings. The van der Waals surface area contributed by atoms with Gasteiger partial charge < -0.3 is 9.15 Å². The molecule has 0 amide bonds. The summed E-state index contributed by atoms with van der Waals surface area (Å²) in [5.41, 5.74) is 1.57. The topological polar surface area (TPSA) is 22.4 Å². The lowest BCUT2D eigenvalue weighted by atomic mass is 10.1. The quantitative estimate of drug-likeness (QED) is 0.616. The van der Waals surface area contributed by atoms with Crippen LogP contribution in [-0.4, -0.2) is 12.0 Å². The summed E-state index contributed by atoms with van der Waals surface area (Å²) in [6.45, 7) is 2.36. The van der Waals surface area contributed by atoms with Gasteiger partial charge in [0.15, 0.2) is 0 Å². The minimum Gasteiger partial charge on any atom is -0.492 e. The van der Waals surface area contributed by atoms with Gasteiger partial charge in [0, 0.05) is 27.9 Å². The van der Waals surface area contributed by atoms with E-state index in [2.05, 4.69) is 0 Å². The minimum atomic E-state index is -0.0230. The van der Waals surface area contributed by atoms with Crippen molar-refractivity contribution in [3.63, 3.8) is 0 Å². The Hall–Kier alpha value is -1.38. The fourth-order valence-corrected chi connectivity index (χ4v) is 2.26. The normalized spacial score (nSPS) is 13.0. The highest BCUT2D eigenvalue weighted by Crippen LogP contribution is 2.32. The molecule has 3 aromatic rings. The van der Waals surface area contributed by atoms with Gasteiger partial charge in [-0.1, -0.05) is 11.6 Å². The van der Waals surface area contributed by atoms with Crippen LogP contribution in [-0.2, 0) is 0 Å². The van der Waals surface area contributed by atoms with Crippen molar-refractivity contribution in [1.82, 2.24) is 0 Å². The van der Waals surface area contributed by atoms with E-state index in [0.717, 1.165) is 27.7 Å². The van der Waals surface area contributed by atoms with Gasteiger partial charge in [-0.15, -0.1) is 11.6 Å². The molecule has 0 aliphatic carbocycles. The Morgan fingerprint density at radius 3 is 2.53 bits per heavy atom. The summed E-state index contributed by atoms with van der Waals surface area (Å²) in [5.74, 6) is 0.755. The van der Waals surface area contributed by atoms with Crippen molar-refractivity contribution >= 4 is 45.1 Å². The van der Waals surface area contributed by atoms with E-state index in [0.29, 0.717) is 11.6 Å². The average molecular weight is 295 g/mol. The van der Waals surface area contributed by atoms with E-state index in [1.54, 1.807) is 0 Å². The summed E-state index contributed by atoms with van der Waals surface area (Å²) in [4.78, 5) is 0. The van der Waals surface area contributed by atoms with E-state index in [1.165, 1.54) is 0 Å². The lowest BCUT2D eigenvalue weighted by Gasteiger charge is -2.06. The van der Waals surface area contributed by atoms with E-state index in [1.807, 2.05) is 43.3 Å². The highest BCUT2D eigenvalue weighted by molar-refractivity contribution is 6.31. The fourth-order valence-electron chi connectivity index (χ4n) is 2.03. The number of furan rings is 1. The first-order chi connectivity index (χ1) is 9.13. The first-order valence-corrected chi connectivity index (χ1v) is 6.83. The molecule has 0 saturated carbocycles. The largest absolute Gasteiger partial charge is 0.492 e. The van der Waals surface area contributed by atoms with E-state index in [-0.39, 0.29) is 5.38 Å². The van der Waals surface area contributed by atoms with Crippen LogP contribution in [0.15, 0.2) is 40.8 Å². The molecule has 1 heterocycles. The molecule has 4 heteroatoms. The summed E-state index contributed by atoms with van der Waals surface area (Å²) in [6, 6.07) is 11.4. The second-order valence-electron chi connectivity index (χ2n) is 4.49. The molecule has 0 aliphatic heterocycles. The predicted octanol–water partition coefficient (Wildman–Crippen LogP) is 5.25. The number of halogens is 2. The number of alkyl halides is 1. The molecule has 98 valence electrons.